The van der Waals surface area contributed by atoms with Crippen molar-refractivity contribution in [1.82, 2.24) is 5.32 Å². The van der Waals surface area contributed by atoms with Crippen LogP contribution in [0.25, 0.3) is 6.08 Å². The van der Waals surface area contributed by atoms with Gasteiger partial charge in [0.25, 0.3) is 11.8 Å². The van der Waals surface area contributed by atoms with Gasteiger partial charge in [0.1, 0.15) is 23.7 Å². The summed E-state index contributed by atoms with van der Waals surface area (Å²) in [7, 11) is 0. The molecule has 0 bridgehead atoms. The summed E-state index contributed by atoms with van der Waals surface area (Å²) in [6.07, 6.45) is 1.38. The first-order valence-corrected chi connectivity index (χ1v) is 11.7. The van der Waals surface area contributed by atoms with Gasteiger partial charge in [-0.1, -0.05) is 29.8 Å². The minimum Gasteiger partial charge on any atom is -0.487 e. The zero-order valence-electron chi connectivity index (χ0n) is 17.2. The lowest BCUT2D eigenvalue weighted by Crippen LogP contribution is -2.54. The molecule has 0 spiro atoms. The smallest absolute Gasteiger partial charge is 0.335 e. The third kappa shape index (κ3) is 5.22. The van der Waals surface area contributed by atoms with Crippen molar-refractivity contribution in [2.24, 2.45) is 0 Å². The normalized spacial score (nSPS) is 15.0. The van der Waals surface area contributed by atoms with E-state index in [-0.39, 0.29) is 23.7 Å². The van der Waals surface area contributed by atoms with E-state index in [0.717, 1.165) is 10.5 Å². The number of anilines is 1. The fourth-order valence-corrected chi connectivity index (χ4v) is 4.85. The molecule has 10 heteroatoms. The van der Waals surface area contributed by atoms with Gasteiger partial charge in [-0.05, 0) is 91.5 Å². The largest absolute Gasteiger partial charge is 0.487 e. The van der Waals surface area contributed by atoms with Gasteiger partial charge < -0.3 is 4.74 Å². The van der Waals surface area contributed by atoms with E-state index in [9.17, 15) is 18.8 Å². The van der Waals surface area contributed by atoms with E-state index in [4.69, 9.17) is 16.3 Å². The van der Waals surface area contributed by atoms with Crippen LogP contribution in [0.15, 0.2) is 75.2 Å². The first kappa shape index (κ1) is 24.1. The van der Waals surface area contributed by atoms with E-state index in [1.165, 1.54) is 30.3 Å². The van der Waals surface area contributed by atoms with Crippen LogP contribution in [0, 0.1) is 5.82 Å². The summed E-state index contributed by atoms with van der Waals surface area (Å²) in [6, 6.07) is 14.6. The summed E-state index contributed by atoms with van der Waals surface area (Å²) in [5, 5.41) is 2.51. The standard InChI is InChI=1S/C24H14Br2ClFN2O4/c25-19-9-14(10-20(26)21(19)34-12-13-4-6-16(28)7-5-13)8-18-22(31)29-24(33)30(23(18)32)17-3-1-2-15(27)11-17/h1-11H,12H2,(H,29,31,33)/b18-8+. The SMILES string of the molecule is O=C1NC(=O)N(c2cccc(Cl)c2)C(=O)/C1=C/c1cc(Br)c(OCc2ccc(F)cc2)c(Br)c1. The second-order valence-electron chi connectivity index (χ2n) is 7.17. The highest BCUT2D eigenvalue weighted by Crippen LogP contribution is 2.36. The van der Waals surface area contributed by atoms with Crippen LogP contribution in [0.5, 0.6) is 5.75 Å². The topological polar surface area (TPSA) is 75.7 Å². The van der Waals surface area contributed by atoms with Crippen LogP contribution in [-0.4, -0.2) is 17.8 Å². The Kier molecular flexibility index (Phi) is 7.16. The van der Waals surface area contributed by atoms with Crippen molar-refractivity contribution in [2.75, 3.05) is 4.90 Å². The number of carbonyl (C=O) groups is 3. The number of ether oxygens (including phenoxy) is 1. The number of hydrogen-bond acceptors (Lipinski definition) is 4. The highest BCUT2D eigenvalue weighted by molar-refractivity contribution is 9.11. The maximum atomic E-state index is 13.1. The highest BCUT2D eigenvalue weighted by Gasteiger charge is 2.36. The van der Waals surface area contributed by atoms with Crippen LogP contribution < -0.4 is 15.0 Å². The van der Waals surface area contributed by atoms with Crippen LogP contribution in [0.2, 0.25) is 5.02 Å². The molecule has 1 aliphatic heterocycles. The molecule has 1 saturated heterocycles. The van der Waals surface area contributed by atoms with Crippen molar-refractivity contribution in [1.29, 1.82) is 0 Å². The predicted molar refractivity (Wildman–Crippen MR) is 133 cm³/mol. The van der Waals surface area contributed by atoms with Crippen molar-refractivity contribution in [3.8, 4) is 5.75 Å². The van der Waals surface area contributed by atoms with Gasteiger partial charge >= 0.3 is 6.03 Å². The number of benzene rings is 3. The number of hydrogen-bond donors (Lipinski definition) is 1. The van der Waals surface area contributed by atoms with Crippen molar-refractivity contribution in [2.45, 2.75) is 6.61 Å². The minimum atomic E-state index is -0.860. The van der Waals surface area contributed by atoms with Crippen LogP contribution >= 0.6 is 43.5 Å². The van der Waals surface area contributed by atoms with Gasteiger partial charge in [0.2, 0.25) is 0 Å². The molecule has 0 atom stereocenters. The summed E-state index contributed by atoms with van der Waals surface area (Å²) in [5.41, 5.74) is 1.30. The van der Waals surface area contributed by atoms with Crippen LogP contribution in [0.1, 0.15) is 11.1 Å². The first-order chi connectivity index (χ1) is 16.2. The van der Waals surface area contributed by atoms with Crippen molar-refractivity contribution >= 4 is 73.1 Å². The number of amides is 4. The summed E-state index contributed by atoms with van der Waals surface area (Å²) < 4.78 is 20.0. The van der Waals surface area contributed by atoms with Gasteiger partial charge in [0.15, 0.2) is 0 Å². The Balaban J connectivity index is 1.60. The zero-order chi connectivity index (χ0) is 24.4. The zero-order valence-corrected chi connectivity index (χ0v) is 21.1. The average Bonchev–Trinajstić information content (AvgIpc) is 2.77. The summed E-state index contributed by atoms with van der Waals surface area (Å²) >= 11 is 12.9. The van der Waals surface area contributed by atoms with Crippen molar-refractivity contribution in [3.05, 3.63) is 97.1 Å². The van der Waals surface area contributed by atoms with Gasteiger partial charge in [0, 0.05) is 5.02 Å². The molecule has 1 N–H and O–H groups in total. The van der Waals surface area contributed by atoms with E-state index in [0.29, 0.717) is 25.3 Å². The lowest BCUT2D eigenvalue weighted by molar-refractivity contribution is -0.122. The van der Waals surface area contributed by atoms with E-state index < -0.39 is 17.8 Å². The molecule has 3 aromatic rings. The molecule has 0 radical (unpaired) electrons. The number of rotatable bonds is 5. The fourth-order valence-electron chi connectivity index (χ4n) is 3.21. The summed E-state index contributed by atoms with van der Waals surface area (Å²) in [5.74, 6) is -1.43. The molecule has 1 heterocycles. The first-order valence-electron chi connectivity index (χ1n) is 9.76. The van der Waals surface area contributed by atoms with Crippen LogP contribution in [0.4, 0.5) is 14.9 Å². The molecule has 1 aliphatic rings. The van der Waals surface area contributed by atoms with Crippen LogP contribution in [0.3, 0.4) is 0 Å². The quantitative estimate of drug-likeness (QED) is 0.275. The number of barbiturate groups is 1. The summed E-state index contributed by atoms with van der Waals surface area (Å²) in [6.45, 7) is 0.204. The van der Waals surface area contributed by atoms with E-state index in [1.807, 2.05) is 0 Å². The van der Waals surface area contributed by atoms with E-state index in [2.05, 4.69) is 37.2 Å². The van der Waals surface area contributed by atoms with Gasteiger partial charge in [-0.3, -0.25) is 14.9 Å². The number of urea groups is 1. The number of carbonyl (C=O) groups excluding carboxylic acids is 3. The molecule has 3 aromatic carbocycles. The fraction of sp³-hybridized carbons (Fsp3) is 0.0417. The number of nitrogens with one attached hydrogen (secondary N) is 1. The molecule has 172 valence electrons. The molecule has 0 unspecified atom stereocenters. The third-order valence-corrected chi connectivity index (χ3v) is 6.21. The average molecular weight is 609 g/mol. The Morgan fingerprint density at radius 1 is 1.00 bits per heavy atom. The Morgan fingerprint density at radius 2 is 1.68 bits per heavy atom. The highest BCUT2D eigenvalue weighted by atomic mass is 79.9. The number of halogens is 4. The third-order valence-electron chi connectivity index (χ3n) is 4.80. The van der Waals surface area contributed by atoms with Gasteiger partial charge in [0.05, 0.1) is 14.6 Å². The Hall–Kier alpha value is -3.01. The molecule has 4 rings (SSSR count). The molecule has 0 aromatic heterocycles. The van der Waals surface area contributed by atoms with Gasteiger partial charge in [-0.15, -0.1) is 0 Å². The molecule has 4 amide bonds. The predicted octanol–water partition coefficient (Wildman–Crippen LogP) is 6.25. The Morgan fingerprint density at radius 3 is 2.32 bits per heavy atom. The lowest BCUT2D eigenvalue weighted by atomic mass is 10.1. The summed E-state index contributed by atoms with van der Waals surface area (Å²) in [4.78, 5) is 38.7. The molecule has 6 nitrogen and oxygen atoms in total. The van der Waals surface area contributed by atoms with Crippen molar-refractivity contribution in [3.63, 3.8) is 0 Å². The number of imide groups is 2. The second-order valence-corrected chi connectivity index (χ2v) is 9.31. The van der Waals surface area contributed by atoms with E-state index >= 15 is 0 Å². The van der Waals surface area contributed by atoms with Gasteiger partial charge in [-0.25, -0.2) is 14.1 Å². The monoisotopic (exact) mass is 606 g/mol. The molecule has 0 aliphatic carbocycles. The Labute approximate surface area is 215 Å². The maximum absolute atomic E-state index is 13.1. The maximum Gasteiger partial charge on any atom is 0.335 e. The molecule has 34 heavy (non-hydrogen) atoms. The number of nitrogens with zero attached hydrogens (tertiary/aromatic N) is 1. The molecule has 0 saturated carbocycles. The molecular formula is C24H14Br2ClFN2O4. The molecule has 1 fully saturated rings. The van der Waals surface area contributed by atoms with Crippen LogP contribution in [-0.2, 0) is 16.2 Å². The van der Waals surface area contributed by atoms with Gasteiger partial charge in [-0.2, -0.15) is 0 Å². The Bertz CT molecular complexity index is 1320. The minimum absolute atomic E-state index is 0.204. The second kappa shape index (κ2) is 10.1. The lowest BCUT2D eigenvalue weighted by Gasteiger charge is -2.26. The van der Waals surface area contributed by atoms with E-state index in [1.54, 1.807) is 36.4 Å². The van der Waals surface area contributed by atoms with Crippen molar-refractivity contribution < 1.29 is 23.5 Å². The molecular weight excluding hydrogens is 595 g/mol.